The maximum Gasteiger partial charge on any atom is 0.258 e. The zero-order valence-electron chi connectivity index (χ0n) is 11.4. The van der Waals surface area contributed by atoms with Crippen molar-refractivity contribution in [1.82, 2.24) is 4.57 Å². The number of nitrogens with zero attached hydrogens (tertiary/aromatic N) is 2. The lowest BCUT2D eigenvalue weighted by molar-refractivity contribution is 0.381. The summed E-state index contributed by atoms with van der Waals surface area (Å²) in [5, 5.41) is 9.18. The topological polar surface area (TPSA) is 81.0 Å². The molecule has 0 aromatic carbocycles. The van der Waals surface area contributed by atoms with Crippen molar-refractivity contribution in [2.45, 2.75) is 39.7 Å². The van der Waals surface area contributed by atoms with Crippen molar-refractivity contribution in [3.05, 3.63) is 39.1 Å². The monoisotopic (exact) mass is 259 g/mol. The second kappa shape index (κ2) is 4.81. The number of ether oxygens (including phenoxy) is 1. The molecule has 100 valence electrons. The van der Waals surface area contributed by atoms with Gasteiger partial charge in [-0.1, -0.05) is 6.92 Å². The molecule has 1 atom stereocenters. The third kappa shape index (κ3) is 1.89. The van der Waals surface area contributed by atoms with Crippen molar-refractivity contribution < 1.29 is 4.74 Å². The molecule has 0 aliphatic carbocycles. The predicted molar refractivity (Wildman–Crippen MR) is 71.6 cm³/mol. The SMILES string of the molecule is CCC1C(C#N)=C(N)Oc2cc(C)n(CC)c(=O)c21. The number of rotatable bonds is 2. The fourth-order valence-electron chi connectivity index (χ4n) is 2.59. The van der Waals surface area contributed by atoms with Gasteiger partial charge in [-0.3, -0.25) is 4.79 Å². The Labute approximate surface area is 111 Å². The summed E-state index contributed by atoms with van der Waals surface area (Å²) in [4.78, 5) is 12.5. The lowest BCUT2D eigenvalue weighted by Crippen LogP contribution is -2.31. The summed E-state index contributed by atoms with van der Waals surface area (Å²) in [6, 6.07) is 3.87. The lowest BCUT2D eigenvalue weighted by Gasteiger charge is -2.26. The zero-order valence-corrected chi connectivity index (χ0v) is 11.4. The summed E-state index contributed by atoms with van der Waals surface area (Å²) in [7, 11) is 0. The number of allylic oxidation sites excluding steroid dienone is 1. The molecule has 5 nitrogen and oxygen atoms in total. The molecule has 5 heteroatoms. The Balaban J connectivity index is 2.75. The van der Waals surface area contributed by atoms with Gasteiger partial charge in [0.15, 0.2) is 0 Å². The van der Waals surface area contributed by atoms with Crippen LogP contribution in [0.15, 0.2) is 22.3 Å². The van der Waals surface area contributed by atoms with Crippen LogP contribution in [0.4, 0.5) is 0 Å². The standard InChI is InChI=1S/C14H17N3O2/c1-4-9-10(7-15)13(16)19-11-6-8(3)17(5-2)14(18)12(9)11/h6,9H,4-5,16H2,1-3H3. The fraction of sp³-hybridized carbons (Fsp3) is 0.429. The minimum atomic E-state index is -0.278. The molecule has 2 N–H and O–H groups in total. The van der Waals surface area contributed by atoms with E-state index in [1.165, 1.54) is 0 Å². The Morgan fingerprint density at radius 1 is 1.53 bits per heavy atom. The number of aromatic nitrogens is 1. The van der Waals surface area contributed by atoms with Gasteiger partial charge < -0.3 is 15.0 Å². The molecule has 1 aromatic heterocycles. The first kappa shape index (κ1) is 13.2. The van der Waals surface area contributed by atoms with E-state index < -0.39 is 0 Å². The smallest absolute Gasteiger partial charge is 0.258 e. The molecule has 1 unspecified atom stereocenters. The molecule has 0 spiro atoms. The van der Waals surface area contributed by atoms with E-state index in [1.807, 2.05) is 26.8 Å². The molecule has 1 aliphatic heterocycles. The van der Waals surface area contributed by atoms with Crippen LogP contribution in [-0.2, 0) is 6.54 Å². The highest BCUT2D eigenvalue weighted by Gasteiger charge is 2.31. The highest BCUT2D eigenvalue weighted by atomic mass is 16.5. The van der Waals surface area contributed by atoms with E-state index in [-0.39, 0.29) is 17.4 Å². The summed E-state index contributed by atoms with van der Waals surface area (Å²) < 4.78 is 7.13. The number of hydrogen-bond acceptors (Lipinski definition) is 4. The predicted octanol–water partition coefficient (Wildman–Crippen LogP) is 1.76. The first-order chi connectivity index (χ1) is 9.04. The van der Waals surface area contributed by atoms with Crippen molar-refractivity contribution in [2.75, 3.05) is 0 Å². The second-order valence-electron chi connectivity index (χ2n) is 4.57. The Hall–Kier alpha value is -2.22. The van der Waals surface area contributed by atoms with Gasteiger partial charge in [0.25, 0.3) is 5.56 Å². The maximum atomic E-state index is 12.5. The summed E-state index contributed by atoms with van der Waals surface area (Å²) in [5.74, 6) is 0.310. The van der Waals surface area contributed by atoms with E-state index in [0.717, 1.165) is 5.69 Å². The van der Waals surface area contributed by atoms with Gasteiger partial charge in [0, 0.05) is 24.2 Å². The number of fused-ring (bicyclic) bond motifs is 1. The largest absolute Gasteiger partial charge is 0.440 e. The average molecular weight is 259 g/mol. The summed E-state index contributed by atoms with van der Waals surface area (Å²) in [6.45, 7) is 6.30. The normalized spacial score (nSPS) is 17.7. The van der Waals surface area contributed by atoms with Gasteiger partial charge >= 0.3 is 0 Å². The average Bonchev–Trinajstić information content (AvgIpc) is 2.37. The Bertz CT molecular complexity index is 650. The molecule has 0 fully saturated rings. The van der Waals surface area contributed by atoms with Crippen LogP contribution in [0.2, 0.25) is 0 Å². The molecule has 0 bridgehead atoms. The molecule has 0 radical (unpaired) electrons. The van der Waals surface area contributed by atoms with Crippen LogP contribution in [-0.4, -0.2) is 4.57 Å². The third-order valence-corrected chi connectivity index (χ3v) is 3.53. The summed E-state index contributed by atoms with van der Waals surface area (Å²) in [5.41, 5.74) is 7.39. The van der Waals surface area contributed by atoms with E-state index in [0.29, 0.717) is 29.9 Å². The molecule has 2 heterocycles. The van der Waals surface area contributed by atoms with Crippen LogP contribution in [0, 0.1) is 18.3 Å². The van der Waals surface area contributed by atoms with Crippen molar-refractivity contribution >= 4 is 0 Å². The zero-order chi connectivity index (χ0) is 14.2. The van der Waals surface area contributed by atoms with Gasteiger partial charge in [-0.05, 0) is 20.3 Å². The molecule has 19 heavy (non-hydrogen) atoms. The Kier molecular flexibility index (Phi) is 3.34. The fourth-order valence-corrected chi connectivity index (χ4v) is 2.59. The van der Waals surface area contributed by atoms with Gasteiger partial charge in [-0.25, -0.2) is 0 Å². The summed E-state index contributed by atoms with van der Waals surface area (Å²) in [6.07, 6.45) is 0.641. The van der Waals surface area contributed by atoms with Crippen LogP contribution in [0.1, 0.15) is 37.4 Å². The molecule has 0 saturated heterocycles. The van der Waals surface area contributed by atoms with Gasteiger partial charge in [0.1, 0.15) is 11.8 Å². The van der Waals surface area contributed by atoms with E-state index in [1.54, 1.807) is 4.57 Å². The van der Waals surface area contributed by atoms with E-state index in [9.17, 15) is 10.1 Å². The van der Waals surface area contributed by atoms with Crippen LogP contribution >= 0.6 is 0 Å². The first-order valence-electron chi connectivity index (χ1n) is 6.37. The number of nitrogens with two attached hydrogens (primary N) is 1. The van der Waals surface area contributed by atoms with Crippen molar-refractivity contribution in [1.29, 1.82) is 5.26 Å². The minimum absolute atomic E-state index is 0.0930. The number of hydrogen-bond donors (Lipinski definition) is 1. The van der Waals surface area contributed by atoms with E-state index >= 15 is 0 Å². The lowest BCUT2D eigenvalue weighted by atomic mass is 9.88. The van der Waals surface area contributed by atoms with Gasteiger partial charge in [0.05, 0.1) is 11.1 Å². The van der Waals surface area contributed by atoms with Gasteiger partial charge in [0.2, 0.25) is 5.88 Å². The molecule has 1 aliphatic rings. The number of aryl methyl sites for hydroxylation is 1. The highest BCUT2D eigenvalue weighted by molar-refractivity contribution is 5.49. The molecule has 1 aromatic rings. The second-order valence-corrected chi connectivity index (χ2v) is 4.57. The van der Waals surface area contributed by atoms with Crippen LogP contribution in [0.5, 0.6) is 5.75 Å². The summed E-state index contributed by atoms with van der Waals surface area (Å²) >= 11 is 0. The molecular weight excluding hydrogens is 242 g/mol. The van der Waals surface area contributed by atoms with Crippen molar-refractivity contribution in [3.8, 4) is 11.8 Å². The Morgan fingerprint density at radius 2 is 2.21 bits per heavy atom. The first-order valence-corrected chi connectivity index (χ1v) is 6.37. The van der Waals surface area contributed by atoms with E-state index in [4.69, 9.17) is 10.5 Å². The molecule has 0 saturated carbocycles. The molecular formula is C14H17N3O2. The van der Waals surface area contributed by atoms with E-state index in [2.05, 4.69) is 6.07 Å². The highest BCUT2D eigenvalue weighted by Crippen LogP contribution is 2.37. The van der Waals surface area contributed by atoms with Crippen LogP contribution in [0.3, 0.4) is 0 Å². The van der Waals surface area contributed by atoms with Crippen molar-refractivity contribution in [3.63, 3.8) is 0 Å². The number of pyridine rings is 1. The Morgan fingerprint density at radius 3 is 2.74 bits per heavy atom. The van der Waals surface area contributed by atoms with Gasteiger partial charge in [-0.15, -0.1) is 0 Å². The minimum Gasteiger partial charge on any atom is -0.440 e. The van der Waals surface area contributed by atoms with Crippen LogP contribution in [0.25, 0.3) is 0 Å². The number of nitriles is 1. The quantitative estimate of drug-likeness (QED) is 0.877. The van der Waals surface area contributed by atoms with Crippen molar-refractivity contribution in [2.24, 2.45) is 5.73 Å². The molecule has 0 amide bonds. The van der Waals surface area contributed by atoms with Gasteiger partial charge in [-0.2, -0.15) is 5.26 Å². The third-order valence-electron chi connectivity index (χ3n) is 3.53. The molecule has 2 rings (SSSR count). The maximum absolute atomic E-state index is 12.5. The van der Waals surface area contributed by atoms with Crippen LogP contribution < -0.4 is 16.0 Å².